The first-order chi connectivity index (χ1) is 28.8. The molecule has 0 aromatic heterocycles. The fraction of sp³-hybridized carbons (Fsp3) is 0.125. The summed E-state index contributed by atoms with van der Waals surface area (Å²) in [5.74, 6) is 0. The number of hydrogen-bond acceptors (Lipinski definition) is 1. The summed E-state index contributed by atoms with van der Waals surface area (Å²) in [6, 6.07) is 48.8. The zero-order chi connectivity index (χ0) is 43.3. The van der Waals surface area contributed by atoms with Crippen molar-refractivity contribution in [2.45, 2.75) is 38.2 Å². The molecular weight excluding hydrogens is 591 g/mol. The Morgan fingerprint density at radius 1 is 0.388 bits per heavy atom. The molecule has 236 valence electrons. The molecule has 0 heterocycles. The van der Waals surface area contributed by atoms with Crippen LogP contribution >= 0.6 is 0 Å². The third-order valence-corrected chi connectivity index (χ3v) is 10.0. The summed E-state index contributed by atoms with van der Waals surface area (Å²) in [6.07, 6.45) is 0. The van der Waals surface area contributed by atoms with E-state index in [2.05, 4.69) is 0 Å². The molecule has 0 bridgehead atoms. The van der Waals surface area contributed by atoms with Gasteiger partial charge in [0, 0.05) is 44.2 Å². The van der Waals surface area contributed by atoms with Crippen molar-refractivity contribution in [2.24, 2.45) is 0 Å². The summed E-state index contributed by atoms with van der Waals surface area (Å²) in [5, 5.41) is 0. The predicted octanol–water partition coefficient (Wildman–Crippen LogP) is 13.1. The van der Waals surface area contributed by atoms with Gasteiger partial charge in [0.2, 0.25) is 0 Å². The molecule has 0 saturated heterocycles. The van der Waals surface area contributed by atoms with E-state index in [4.69, 9.17) is 16.4 Å². The molecule has 0 aliphatic heterocycles. The monoisotopic (exact) mass is 641 g/mol. The van der Waals surface area contributed by atoms with Crippen LogP contribution in [0.3, 0.4) is 0 Å². The zero-order valence-electron chi connectivity index (χ0n) is 38.5. The second-order valence-electron chi connectivity index (χ2n) is 12.8. The van der Waals surface area contributed by atoms with Crippen LogP contribution in [-0.4, -0.2) is 0 Å². The second-order valence-corrected chi connectivity index (χ2v) is 12.8. The van der Waals surface area contributed by atoms with Gasteiger partial charge in [0.15, 0.2) is 0 Å². The van der Waals surface area contributed by atoms with Crippen molar-refractivity contribution < 1.29 is 16.4 Å². The van der Waals surface area contributed by atoms with E-state index in [-0.39, 0.29) is 22.3 Å². The van der Waals surface area contributed by atoms with Crippen molar-refractivity contribution in [1.29, 1.82) is 0 Å². The molecule has 2 aliphatic carbocycles. The second kappa shape index (κ2) is 10.9. The van der Waals surface area contributed by atoms with E-state index in [1.807, 2.05) is 102 Å². The summed E-state index contributed by atoms with van der Waals surface area (Å²) in [7, 11) is 0. The minimum Gasteiger partial charge on any atom is -0.310 e. The third kappa shape index (κ3) is 4.46. The van der Waals surface area contributed by atoms with Crippen LogP contribution in [0.4, 0.5) is 17.1 Å². The zero-order valence-corrected chi connectivity index (χ0v) is 26.5. The lowest BCUT2D eigenvalue weighted by molar-refractivity contribution is 0.660. The highest BCUT2D eigenvalue weighted by molar-refractivity contribution is 5.95. The maximum atomic E-state index is 9.08. The number of nitrogens with zero attached hydrogens (tertiary/aromatic N) is 1. The molecular formula is C48H39N. The van der Waals surface area contributed by atoms with Gasteiger partial charge in [0.25, 0.3) is 0 Å². The van der Waals surface area contributed by atoms with E-state index in [0.717, 1.165) is 16.7 Å². The van der Waals surface area contributed by atoms with Crippen LogP contribution in [0.2, 0.25) is 0 Å². The van der Waals surface area contributed by atoms with E-state index < -0.39 is 38.2 Å². The van der Waals surface area contributed by atoms with Crippen LogP contribution in [0.25, 0.3) is 44.5 Å². The Kier molecular flexibility index (Phi) is 4.32. The average Bonchev–Trinajstić information content (AvgIpc) is 3.71. The average molecular weight is 642 g/mol. The summed E-state index contributed by atoms with van der Waals surface area (Å²) in [6.45, 7) is -12.1. The standard InChI is InChI=1S/C48H39N/c1-47(2)41-23-13-11-21-38(41)39-28-26-34(30-43(39)47)49(45-25-14-12-20-36(45)32-16-7-5-8-17-32)35-27-29-40-44(31-35)48(3,4)42-24-15-22-37(46(40)42)33-18-9-6-10-19-33/h5-31H,1-4H3/i1D3,2D3,3D3,4D3. The fourth-order valence-corrected chi connectivity index (χ4v) is 7.72. The smallest absolute Gasteiger partial charge is 0.0540 e. The topological polar surface area (TPSA) is 3.24 Å². The Bertz CT molecular complexity index is 2790. The van der Waals surface area contributed by atoms with Crippen molar-refractivity contribution in [3.8, 4) is 44.5 Å². The maximum absolute atomic E-state index is 9.08. The molecule has 0 spiro atoms. The molecule has 7 aromatic rings. The van der Waals surface area contributed by atoms with Crippen LogP contribution in [0.5, 0.6) is 0 Å². The minimum absolute atomic E-state index is 0.0958. The Morgan fingerprint density at radius 3 is 1.57 bits per heavy atom. The van der Waals surface area contributed by atoms with E-state index >= 15 is 0 Å². The SMILES string of the molecule is [2H]C([2H])([2H])C1(C([2H])([2H])[2H])c2ccccc2-c2ccc(N(c3ccc4c(c3)C(C([2H])([2H])[2H])(C([2H])([2H])[2H])c3cccc(-c5ccccc5)c3-4)c3ccccc3-c3ccccc3)cc21. The van der Waals surface area contributed by atoms with Crippen LogP contribution in [0, 0.1) is 0 Å². The van der Waals surface area contributed by atoms with Gasteiger partial charge < -0.3 is 4.90 Å². The summed E-state index contributed by atoms with van der Waals surface area (Å²) in [4.78, 5) is 1.83. The van der Waals surface area contributed by atoms with Crippen molar-refractivity contribution >= 4 is 17.1 Å². The Labute approximate surface area is 307 Å². The van der Waals surface area contributed by atoms with Crippen LogP contribution in [-0.2, 0) is 10.8 Å². The predicted molar refractivity (Wildman–Crippen MR) is 207 cm³/mol. The molecule has 0 fully saturated rings. The number of para-hydroxylation sites is 1. The molecule has 9 rings (SSSR count). The normalized spacial score (nSPS) is 19.1. The van der Waals surface area contributed by atoms with Crippen molar-refractivity contribution in [1.82, 2.24) is 0 Å². The number of rotatable bonds is 5. The highest BCUT2D eigenvalue weighted by Gasteiger charge is 2.39. The molecule has 2 aliphatic rings. The first kappa shape index (κ1) is 19.4. The Hall–Kier alpha value is -5.66. The van der Waals surface area contributed by atoms with E-state index in [0.29, 0.717) is 44.9 Å². The van der Waals surface area contributed by atoms with Gasteiger partial charge in [0.05, 0.1) is 5.69 Å². The van der Waals surface area contributed by atoms with Crippen LogP contribution in [0.1, 0.15) is 66.1 Å². The van der Waals surface area contributed by atoms with Gasteiger partial charge in [-0.05, 0) is 91.5 Å². The molecule has 0 N–H and O–H groups in total. The minimum atomic E-state index is -3.06. The van der Waals surface area contributed by atoms with Gasteiger partial charge in [-0.1, -0.05) is 161 Å². The number of fused-ring (bicyclic) bond motifs is 6. The van der Waals surface area contributed by atoms with Gasteiger partial charge in [0.1, 0.15) is 0 Å². The fourth-order valence-electron chi connectivity index (χ4n) is 7.72. The van der Waals surface area contributed by atoms with Crippen molar-refractivity contribution in [2.75, 3.05) is 4.90 Å². The maximum Gasteiger partial charge on any atom is 0.0540 e. The molecule has 0 amide bonds. The third-order valence-electron chi connectivity index (χ3n) is 10.0. The van der Waals surface area contributed by atoms with E-state index in [1.54, 1.807) is 66.7 Å². The molecule has 49 heavy (non-hydrogen) atoms. The van der Waals surface area contributed by atoms with Crippen LogP contribution in [0.15, 0.2) is 164 Å². The number of hydrogen-bond donors (Lipinski definition) is 0. The summed E-state index contributed by atoms with van der Waals surface area (Å²) in [5.41, 5.74) is 2.17. The molecule has 0 atom stereocenters. The molecule has 0 radical (unpaired) electrons. The molecule has 1 nitrogen and oxygen atoms in total. The lowest BCUT2D eigenvalue weighted by atomic mass is 9.81. The molecule has 7 aromatic carbocycles. The lowest BCUT2D eigenvalue weighted by Gasteiger charge is -2.31. The quantitative estimate of drug-likeness (QED) is 0.181. The number of benzene rings is 7. The van der Waals surface area contributed by atoms with Crippen molar-refractivity contribution in [3.63, 3.8) is 0 Å². The van der Waals surface area contributed by atoms with Gasteiger partial charge in [-0.2, -0.15) is 0 Å². The number of anilines is 3. The Morgan fingerprint density at radius 2 is 0.878 bits per heavy atom. The first-order valence-electron chi connectivity index (χ1n) is 22.4. The highest BCUT2D eigenvalue weighted by atomic mass is 15.1. The molecule has 1 heteroatoms. The Balaban J connectivity index is 1.38. The first-order valence-corrected chi connectivity index (χ1v) is 16.4. The molecule has 0 unspecified atom stereocenters. The van der Waals surface area contributed by atoms with Gasteiger partial charge in [-0.25, -0.2) is 0 Å². The lowest BCUT2D eigenvalue weighted by Crippen LogP contribution is -2.18. The largest absolute Gasteiger partial charge is 0.310 e. The van der Waals surface area contributed by atoms with Crippen LogP contribution < -0.4 is 4.90 Å². The van der Waals surface area contributed by atoms with Gasteiger partial charge in [-0.3, -0.25) is 0 Å². The van der Waals surface area contributed by atoms with E-state index in [1.165, 1.54) is 0 Å². The summed E-state index contributed by atoms with van der Waals surface area (Å²) < 4.78 is 108. The molecule has 0 saturated carbocycles. The summed E-state index contributed by atoms with van der Waals surface area (Å²) >= 11 is 0. The van der Waals surface area contributed by atoms with E-state index in [9.17, 15) is 0 Å². The van der Waals surface area contributed by atoms with Gasteiger partial charge in [-0.15, -0.1) is 0 Å². The highest BCUT2D eigenvalue weighted by Crippen LogP contribution is 2.55. The van der Waals surface area contributed by atoms with Crippen molar-refractivity contribution in [3.05, 3.63) is 186 Å². The van der Waals surface area contributed by atoms with Gasteiger partial charge >= 0.3 is 0 Å².